The fraction of sp³-hybridized carbons (Fsp3) is 0.292. The molecule has 1 saturated heterocycles. The number of aromatic nitrogens is 5. The Morgan fingerprint density at radius 3 is 2.66 bits per heavy atom. The number of carbonyl (C=O) groups is 1. The molecule has 3 heterocycles. The van der Waals surface area contributed by atoms with Gasteiger partial charge >= 0.3 is 0 Å². The summed E-state index contributed by atoms with van der Waals surface area (Å²) in [5.41, 5.74) is 0.987. The van der Waals surface area contributed by atoms with E-state index in [-0.39, 0.29) is 41.4 Å². The average molecular weight is 482 g/mol. The van der Waals surface area contributed by atoms with Crippen LogP contribution in [0.5, 0.6) is 0 Å². The van der Waals surface area contributed by atoms with Crippen LogP contribution in [0.15, 0.2) is 46.9 Å². The van der Waals surface area contributed by atoms with E-state index in [1.54, 1.807) is 24.1 Å². The van der Waals surface area contributed by atoms with Crippen molar-refractivity contribution < 1.29 is 22.4 Å². The summed E-state index contributed by atoms with van der Waals surface area (Å²) in [5.74, 6) is -2.68. The predicted molar refractivity (Wildman–Crippen MR) is 118 cm³/mol. The number of nitrogens with zero attached hydrogens (tertiary/aromatic N) is 6. The summed E-state index contributed by atoms with van der Waals surface area (Å²) in [6, 6.07) is 9.17. The Bertz CT molecular complexity index is 1370. The number of likely N-dealkylation sites (tertiary alicyclic amines) is 1. The molecular formula is C24H21F3N6O2. The fourth-order valence-electron chi connectivity index (χ4n) is 4.28. The van der Waals surface area contributed by atoms with Crippen molar-refractivity contribution in [1.29, 1.82) is 0 Å². The number of carbonyl (C=O) groups excluding carboxylic acids is 1. The minimum absolute atomic E-state index is 0.121. The van der Waals surface area contributed by atoms with Crippen LogP contribution in [-0.4, -0.2) is 48.6 Å². The molecule has 8 nitrogen and oxygen atoms in total. The van der Waals surface area contributed by atoms with E-state index in [1.807, 2.05) is 0 Å². The molecule has 0 N–H and O–H groups in total. The Morgan fingerprint density at radius 2 is 1.86 bits per heavy atom. The highest BCUT2D eigenvalue weighted by Crippen LogP contribution is 2.28. The Labute approximate surface area is 198 Å². The SMILES string of the molecule is Cn1nc(C(=O)N2CCCC[C@H]2Cc2nnc(-c3cccc(F)c3F)o2)c(-c2ccc(F)cc2)n1. The maximum absolute atomic E-state index is 14.1. The van der Waals surface area contributed by atoms with Crippen LogP contribution in [0, 0.1) is 17.5 Å². The first-order valence-corrected chi connectivity index (χ1v) is 11.2. The summed E-state index contributed by atoms with van der Waals surface area (Å²) < 4.78 is 46.7. The third-order valence-corrected chi connectivity index (χ3v) is 5.98. The maximum atomic E-state index is 14.1. The van der Waals surface area contributed by atoms with Crippen LogP contribution >= 0.6 is 0 Å². The van der Waals surface area contributed by atoms with Crippen molar-refractivity contribution in [3.63, 3.8) is 0 Å². The molecule has 0 radical (unpaired) electrons. The molecule has 2 aromatic heterocycles. The van der Waals surface area contributed by atoms with Crippen LogP contribution in [0.4, 0.5) is 13.2 Å². The van der Waals surface area contributed by atoms with Gasteiger partial charge in [-0.1, -0.05) is 6.07 Å². The number of hydrogen-bond donors (Lipinski definition) is 0. The normalized spacial score (nSPS) is 16.0. The van der Waals surface area contributed by atoms with Crippen LogP contribution in [0.3, 0.4) is 0 Å². The predicted octanol–water partition coefficient (Wildman–Crippen LogP) is 4.19. The van der Waals surface area contributed by atoms with Crippen molar-refractivity contribution in [2.24, 2.45) is 7.05 Å². The smallest absolute Gasteiger partial charge is 0.276 e. The highest BCUT2D eigenvalue weighted by molar-refractivity contribution is 5.98. The zero-order chi connectivity index (χ0) is 24.5. The number of hydrogen-bond acceptors (Lipinski definition) is 6. The van der Waals surface area contributed by atoms with E-state index in [2.05, 4.69) is 20.4 Å². The molecule has 1 aliphatic heterocycles. The fourth-order valence-corrected chi connectivity index (χ4v) is 4.28. The van der Waals surface area contributed by atoms with Crippen LogP contribution in [0.1, 0.15) is 35.6 Å². The van der Waals surface area contributed by atoms with Gasteiger partial charge in [0.05, 0.1) is 5.56 Å². The van der Waals surface area contributed by atoms with Gasteiger partial charge in [0.15, 0.2) is 17.3 Å². The van der Waals surface area contributed by atoms with Gasteiger partial charge in [0.25, 0.3) is 11.8 Å². The maximum Gasteiger partial charge on any atom is 0.276 e. The summed E-state index contributed by atoms with van der Waals surface area (Å²) in [6.07, 6.45) is 2.67. The molecule has 0 bridgehead atoms. The molecule has 1 amide bonds. The first-order chi connectivity index (χ1) is 16.9. The summed E-state index contributed by atoms with van der Waals surface area (Å²) in [6.45, 7) is 0.502. The van der Waals surface area contributed by atoms with Crippen molar-refractivity contribution in [3.8, 4) is 22.7 Å². The second-order valence-electron chi connectivity index (χ2n) is 8.35. The molecule has 1 aliphatic rings. The molecule has 2 aromatic carbocycles. The van der Waals surface area contributed by atoms with Gasteiger partial charge in [-0.2, -0.15) is 9.90 Å². The van der Waals surface area contributed by atoms with Gasteiger partial charge in [-0.3, -0.25) is 4.79 Å². The van der Waals surface area contributed by atoms with E-state index >= 15 is 0 Å². The first kappa shape index (κ1) is 22.8. The number of benzene rings is 2. The number of amides is 1. The van der Waals surface area contributed by atoms with Gasteiger partial charge in [-0.25, -0.2) is 13.2 Å². The van der Waals surface area contributed by atoms with E-state index in [4.69, 9.17) is 4.42 Å². The molecule has 35 heavy (non-hydrogen) atoms. The van der Waals surface area contributed by atoms with E-state index in [0.717, 1.165) is 18.9 Å². The molecule has 11 heteroatoms. The second-order valence-corrected chi connectivity index (χ2v) is 8.35. The standard InChI is InChI=1S/C24H21F3N6O2/c1-32-30-21(14-8-10-15(25)11-9-14)22(31-32)24(34)33-12-3-2-5-16(33)13-19-28-29-23(35-19)17-6-4-7-18(26)20(17)27/h4,6-11,16H,2-3,5,12-13H2,1H3/t16-/m0/s1. The summed E-state index contributed by atoms with van der Waals surface area (Å²) in [5, 5.41) is 16.4. The first-order valence-electron chi connectivity index (χ1n) is 11.2. The van der Waals surface area contributed by atoms with Crippen LogP contribution in [-0.2, 0) is 13.5 Å². The van der Waals surface area contributed by atoms with Gasteiger partial charge in [0, 0.05) is 31.6 Å². The van der Waals surface area contributed by atoms with Crippen molar-refractivity contribution in [2.75, 3.05) is 6.54 Å². The van der Waals surface area contributed by atoms with Gasteiger partial charge in [-0.15, -0.1) is 15.3 Å². The van der Waals surface area contributed by atoms with E-state index in [0.29, 0.717) is 24.2 Å². The largest absolute Gasteiger partial charge is 0.421 e. The van der Waals surface area contributed by atoms with Crippen LogP contribution in [0.25, 0.3) is 22.7 Å². The lowest BCUT2D eigenvalue weighted by atomic mass is 9.98. The van der Waals surface area contributed by atoms with E-state index in [9.17, 15) is 18.0 Å². The molecule has 180 valence electrons. The zero-order valence-corrected chi connectivity index (χ0v) is 18.8. The molecule has 0 saturated carbocycles. The van der Waals surface area contributed by atoms with Gasteiger partial charge in [0.1, 0.15) is 11.5 Å². The average Bonchev–Trinajstić information content (AvgIpc) is 3.48. The molecule has 0 spiro atoms. The van der Waals surface area contributed by atoms with Crippen molar-refractivity contribution >= 4 is 5.91 Å². The molecule has 0 aliphatic carbocycles. The Balaban J connectivity index is 1.40. The number of rotatable bonds is 5. The highest BCUT2D eigenvalue weighted by Gasteiger charge is 2.33. The van der Waals surface area contributed by atoms with Gasteiger partial charge in [0.2, 0.25) is 5.89 Å². The third-order valence-electron chi connectivity index (χ3n) is 5.98. The summed E-state index contributed by atoms with van der Waals surface area (Å²) >= 11 is 0. The van der Waals surface area contributed by atoms with Gasteiger partial charge < -0.3 is 9.32 Å². The van der Waals surface area contributed by atoms with E-state index < -0.39 is 17.5 Å². The van der Waals surface area contributed by atoms with Crippen molar-refractivity contribution in [3.05, 3.63) is 71.5 Å². The molecule has 1 atom stereocenters. The monoisotopic (exact) mass is 482 g/mol. The second kappa shape index (κ2) is 9.32. The van der Waals surface area contributed by atoms with E-state index in [1.165, 1.54) is 29.1 Å². The minimum atomic E-state index is -1.06. The zero-order valence-electron chi connectivity index (χ0n) is 18.8. The molecule has 5 rings (SSSR count). The number of halogens is 3. The van der Waals surface area contributed by atoms with Crippen LogP contribution in [0.2, 0.25) is 0 Å². The van der Waals surface area contributed by atoms with Gasteiger partial charge in [-0.05, 0) is 55.7 Å². The van der Waals surface area contributed by atoms with Crippen LogP contribution < -0.4 is 0 Å². The molecular weight excluding hydrogens is 461 g/mol. The Kier molecular flexibility index (Phi) is 6.06. The Hall–Kier alpha value is -4.02. The van der Waals surface area contributed by atoms with Crippen molar-refractivity contribution in [1.82, 2.24) is 30.1 Å². The molecule has 4 aromatic rings. The third kappa shape index (κ3) is 4.53. The summed E-state index contributed by atoms with van der Waals surface area (Å²) in [4.78, 5) is 16.6. The summed E-state index contributed by atoms with van der Waals surface area (Å²) in [7, 11) is 1.61. The molecule has 0 unspecified atom stereocenters. The number of aryl methyl sites for hydroxylation is 1. The molecule has 1 fully saturated rings. The van der Waals surface area contributed by atoms with Crippen molar-refractivity contribution in [2.45, 2.75) is 31.7 Å². The lowest BCUT2D eigenvalue weighted by molar-refractivity contribution is 0.0599. The lowest BCUT2D eigenvalue weighted by Gasteiger charge is -2.34. The topological polar surface area (TPSA) is 89.9 Å². The Morgan fingerprint density at radius 1 is 1.06 bits per heavy atom. The lowest BCUT2D eigenvalue weighted by Crippen LogP contribution is -2.45. The number of piperidine rings is 1. The quantitative estimate of drug-likeness (QED) is 0.424. The highest BCUT2D eigenvalue weighted by atomic mass is 19.2. The minimum Gasteiger partial charge on any atom is -0.421 e.